The summed E-state index contributed by atoms with van der Waals surface area (Å²) in [6, 6.07) is 9.64. The van der Waals surface area contributed by atoms with Crippen molar-refractivity contribution in [2.24, 2.45) is 0 Å². The Labute approximate surface area is 141 Å². The van der Waals surface area contributed by atoms with E-state index in [0.29, 0.717) is 5.69 Å². The van der Waals surface area contributed by atoms with Crippen LogP contribution in [0.4, 0.5) is 13.2 Å². The van der Waals surface area contributed by atoms with Gasteiger partial charge in [0, 0.05) is 17.8 Å². The van der Waals surface area contributed by atoms with E-state index in [0.717, 1.165) is 12.1 Å². The number of hydrogen-bond donors (Lipinski definition) is 1. The van der Waals surface area contributed by atoms with Crippen molar-refractivity contribution in [2.45, 2.75) is 13.0 Å². The van der Waals surface area contributed by atoms with Gasteiger partial charge in [-0.1, -0.05) is 6.07 Å². The number of amides is 1. The van der Waals surface area contributed by atoms with Crippen LogP contribution in [0.1, 0.15) is 29.0 Å². The minimum atomic E-state index is -0.732. The Hall–Kier alpha value is -3.09. The molecule has 0 bridgehead atoms. The van der Waals surface area contributed by atoms with Crippen LogP contribution < -0.4 is 5.32 Å². The van der Waals surface area contributed by atoms with Crippen molar-refractivity contribution in [1.29, 1.82) is 0 Å². The Kier molecular flexibility index (Phi) is 4.56. The van der Waals surface area contributed by atoms with Gasteiger partial charge >= 0.3 is 0 Å². The Morgan fingerprint density at radius 1 is 1.04 bits per heavy atom. The topological polar surface area (TPSA) is 46.9 Å². The lowest BCUT2D eigenvalue weighted by atomic mass is 10.1. The molecule has 0 fully saturated rings. The molecule has 1 heterocycles. The predicted molar refractivity (Wildman–Crippen MR) is 85.8 cm³/mol. The summed E-state index contributed by atoms with van der Waals surface area (Å²) < 4.78 is 41.1. The van der Waals surface area contributed by atoms with Crippen LogP contribution in [-0.4, -0.2) is 15.7 Å². The van der Waals surface area contributed by atoms with Gasteiger partial charge in [0.25, 0.3) is 5.91 Å². The van der Waals surface area contributed by atoms with E-state index in [1.165, 1.54) is 41.1 Å². The van der Waals surface area contributed by atoms with E-state index in [2.05, 4.69) is 10.4 Å². The van der Waals surface area contributed by atoms with Crippen molar-refractivity contribution >= 4 is 5.91 Å². The summed E-state index contributed by atoms with van der Waals surface area (Å²) in [4.78, 5) is 12.3. The average molecular weight is 345 g/mol. The maximum Gasteiger partial charge on any atom is 0.272 e. The highest BCUT2D eigenvalue weighted by molar-refractivity contribution is 5.92. The number of halogens is 3. The normalized spacial score (nSPS) is 12.0. The summed E-state index contributed by atoms with van der Waals surface area (Å²) in [5.74, 6) is -2.29. The van der Waals surface area contributed by atoms with Gasteiger partial charge in [0.1, 0.15) is 17.5 Å². The standard InChI is InChI=1S/C18H14F3N3O/c1-11(15-7-4-13(20)10-16(15)21)22-18(25)17-8-9-24(23-17)14-5-2-12(19)3-6-14/h2-11H,1H3,(H,22,25). The fourth-order valence-corrected chi connectivity index (χ4v) is 2.38. The molecule has 0 aliphatic rings. The zero-order valence-corrected chi connectivity index (χ0v) is 13.2. The van der Waals surface area contributed by atoms with Crippen molar-refractivity contribution in [3.8, 4) is 5.69 Å². The fourth-order valence-electron chi connectivity index (χ4n) is 2.38. The minimum absolute atomic E-state index is 0.124. The number of hydrogen-bond acceptors (Lipinski definition) is 2. The third-order valence-electron chi connectivity index (χ3n) is 3.69. The highest BCUT2D eigenvalue weighted by Crippen LogP contribution is 2.18. The summed E-state index contributed by atoms with van der Waals surface area (Å²) in [5, 5.41) is 6.73. The van der Waals surface area contributed by atoms with E-state index in [1.807, 2.05) is 0 Å². The average Bonchev–Trinajstić information content (AvgIpc) is 3.05. The molecule has 0 aliphatic heterocycles. The summed E-state index contributed by atoms with van der Waals surface area (Å²) in [5.41, 5.74) is 0.893. The van der Waals surface area contributed by atoms with E-state index < -0.39 is 23.6 Å². The second-order valence-electron chi connectivity index (χ2n) is 5.48. The molecule has 1 N–H and O–H groups in total. The molecule has 7 heteroatoms. The number of rotatable bonds is 4. The van der Waals surface area contributed by atoms with E-state index >= 15 is 0 Å². The number of aromatic nitrogens is 2. The number of benzene rings is 2. The van der Waals surface area contributed by atoms with Crippen molar-refractivity contribution < 1.29 is 18.0 Å². The van der Waals surface area contributed by atoms with Crippen LogP contribution in [0.2, 0.25) is 0 Å². The maximum absolute atomic E-state index is 13.8. The lowest BCUT2D eigenvalue weighted by Crippen LogP contribution is -2.27. The van der Waals surface area contributed by atoms with Crippen LogP contribution in [0.3, 0.4) is 0 Å². The lowest BCUT2D eigenvalue weighted by Gasteiger charge is -2.14. The van der Waals surface area contributed by atoms with E-state index in [9.17, 15) is 18.0 Å². The van der Waals surface area contributed by atoms with Gasteiger partial charge in [0.2, 0.25) is 0 Å². The first-order valence-electron chi connectivity index (χ1n) is 7.51. The molecule has 1 atom stereocenters. The molecule has 3 rings (SSSR count). The maximum atomic E-state index is 13.8. The molecule has 2 aromatic carbocycles. The van der Waals surface area contributed by atoms with E-state index in [-0.39, 0.29) is 17.1 Å². The minimum Gasteiger partial charge on any atom is -0.344 e. The Balaban J connectivity index is 1.74. The van der Waals surface area contributed by atoms with Crippen LogP contribution in [0, 0.1) is 17.5 Å². The largest absolute Gasteiger partial charge is 0.344 e. The van der Waals surface area contributed by atoms with Gasteiger partial charge in [0.05, 0.1) is 11.7 Å². The molecular weight excluding hydrogens is 331 g/mol. The van der Waals surface area contributed by atoms with Gasteiger partial charge in [-0.2, -0.15) is 5.10 Å². The molecule has 128 valence electrons. The molecule has 25 heavy (non-hydrogen) atoms. The first-order chi connectivity index (χ1) is 11.9. The van der Waals surface area contributed by atoms with E-state index in [4.69, 9.17) is 0 Å². The molecule has 1 aromatic heterocycles. The predicted octanol–water partition coefficient (Wildman–Crippen LogP) is 3.78. The molecular formula is C18H14F3N3O. The molecule has 3 aromatic rings. The van der Waals surface area contributed by atoms with Crippen molar-refractivity contribution in [1.82, 2.24) is 15.1 Å². The highest BCUT2D eigenvalue weighted by Gasteiger charge is 2.17. The molecule has 0 saturated heterocycles. The lowest BCUT2D eigenvalue weighted by molar-refractivity contribution is 0.0934. The van der Waals surface area contributed by atoms with Gasteiger partial charge in [-0.15, -0.1) is 0 Å². The third kappa shape index (κ3) is 3.71. The van der Waals surface area contributed by atoms with Gasteiger partial charge < -0.3 is 5.32 Å². The number of carbonyl (C=O) groups excluding carboxylic acids is 1. The van der Waals surface area contributed by atoms with Crippen LogP contribution in [0.15, 0.2) is 54.7 Å². The number of nitrogens with one attached hydrogen (secondary N) is 1. The summed E-state index contributed by atoms with van der Waals surface area (Å²) >= 11 is 0. The second kappa shape index (κ2) is 6.80. The SMILES string of the molecule is CC(NC(=O)c1ccn(-c2ccc(F)cc2)n1)c1ccc(F)cc1F. The Bertz CT molecular complexity index is 906. The summed E-state index contributed by atoms with van der Waals surface area (Å²) in [6.45, 7) is 1.59. The van der Waals surface area contributed by atoms with Crippen molar-refractivity contribution in [3.05, 3.63) is 83.4 Å². The number of nitrogens with zero attached hydrogens (tertiary/aromatic N) is 2. The van der Waals surface area contributed by atoms with Crippen LogP contribution in [0.25, 0.3) is 5.69 Å². The highest BCUT2D eigenvalue weighted by atomic mass is 19.1. The summed E-state index contributed by atoms with van der Waals surface area (Å²) in [6.07, 6.45) is 1.56. The summed E-state index contributed by atoms with van der Waals surface area (Å²) in [7, 11) is 0. The molecule has 0 aliphatic carbocycles. The Morgan fingerprint density at radius 3 is 2.40 bits per heavy atom. The molecule has 1 amide bonds. The molecule has 4 nitrogen and oxygen atoms in total. The molecule has 0 saturated carbocycles. The first kappa shape index (κ1) is 16.8. The first-order valence-corrected chi connectivity index (χ1v) is 7.51. The van der Waals surface area contributed by atoms with Crippen LogP contribution in [0.5, 0.6) is 0 Å². The smallest absolute Gasteiger partial charge is 0.272 e. The zero-order chi connectivity index (χ0) is 18.0. The van der Waals surface area contributed by atoms with Crippen LogP contribution in [-0.2, 0) is 0 Å². The fraction of sp³-hybridized carbons (Fsp3) is 0.111. The van der Waals surface area contributed by atoms with Gasteiger partial charge in [-0.25, -0.2) is 17.9 Å². The van der Waals surface area contributed by atoms with Crippen molar-refractivity contribution in [2.75, 3.05) is 0 Å². The zero-order valence-electron chi connectivity index (χ0n) is 13.2. The van der Waals surface area contributed by atoms with Crippen molar-refractivity contribution in [3.63, 3.8) is 0 Å². The van der Waals surface area contributed by atoms with Gasteiger partial charge in [-0.3, -0.25) is 4.79 Å². The molecule has 0 spiro atoms. The van der Waals surface area contributed by atoms with E-state index in [1.54, 1.807) is 13.1 Å². The number of carbonyl (C=O) groups is 1. The van der Waals surface area contributed by atoms with Crippen LogP contribution >= 0.6 is 0 Å². The Morgan fingerprint density at radius 2 is 1.72 bits per heavy atom. The van der Waals surface area contributed by atoms with Gasteiger partial charge in [-0.05, 0) is 43.3 Å². The molecule has 0 radical (unpaired) electrons. The second-order valence-corrected chi connectivity index (χ2v) is 5.48. The van der Waals surface area contributed by atoms with Gasteiger partial charge in [0.15, 0.2) is 5.69 Å². The monoisotopic (exact) mass is 345 g/mol. The third-order valence-corrected chi connectivity index (χ3v) is 3.69. The molecule has 1 unspecified atom stereocenters. The quantitative estimate of drug-likeness (QED) is 0.782.